The molecule has 2 fully saturated rings. The molecule has 1 heterocycles. The van der Waals surface area contributed by atoms with Crippen LogP contribution in [-0.4, -0.2) is 23.1 Å². The number of rotatable bonds is 4. The Bertz CT molecular complexity index is 397. The molecular formula is C14H19NOS. The van der Waals surface area contributed by atoms with Crippen LogP contribution in [0.25, 0.3) is 0 Å². The van der Waals surface area contributed by atoms with Gasteiger partial charge >= 0.3 is 0 Å². The summed E-state index contributed by atoms with van der Waals surface area (Å²) in [5, 5.41) is 0. The highest BCUT2D eigenvalue weighted by atomic mass is 32.2. The third kappa shape index (κ3) is 2.78. The quantitative estimate of drug-likeness (QED) is 0.891. The van der Waals surface area contributed by atoms with Gasteiger partial charge in [-0.3, -0.25) is 0 Å². The molecule has 3 rings (SSSR count). The first-order valence-corrected chi connectivity index (χ1v) is 7.52. The van der Waals surface area contributed by atoms with Crippen LogP contribution in [0.4, 0.5) is 0 Å². The lowest BCUT2D eigenvalue weighted by atomic mass is 10.0. The van der Waals surface area contributed by atoms with Crippen LogP contribution < -0.4 is 10.5 Å². The molecule has 1 saturated carbocycles. The van der Waals surface area contributed by atoms with Crippen molar-refractivity contribution in [3.63, 3.8) is 0 Å². The number of benzene rings is 1. The second kappa shape index (κ2) is 4.54. The van der Waals surface area contributed by atoms with Crippen LogP contribution in [0.2, 0.25) is 0 Å². The molecule has 1 saturated heterocycles. The molecule has 0 amide bonds. The molecule has 1 atom stereocenters. The minimum atomic E-state index is 0.0594. The molecule has 0 spiro atoms. The highest BCUT2D eigenvalue weighted by Crippen LogP contribution is 2.38. The summed E-state index contributed by atoms with van der Waals surface area (Å²) in [6.07, 6.45) is 4.84. The van der Waals surface area contributed by atoms with E-state index in [-0.39, 0.29) is 5.54 Å². The molecule has 2 aliphatic rings. The highest BCUT2D eigenvalue weighted by molar-refractivity contribution is 7.99. The van der Waals surface area contributed by atoms with E-state index >= 15 is 0 Å². The lowest BCUT2D eigenvalue weighted by Crippen LogP contribution is -2.25. The van der Waals surface area contributed by atoms with Gasteiger partial charge in [0, 0.05) is 11.3 Å². The second-order valence-corrected chi connectivity index (χ2v) is 6.40. The van der Waals surface area contributed by atoms with E-state index in [1.807, 2.05) is 11.8 Å². The standard InChI is InChI=1S/C14H19NOS/c15-14(6-7-14)9-11-3-1-2-4-13(11)16-12-5-8-17-10-12/h1-4,12H,5-10,15H2. The van der Waals surface area contributed by atoms with Crippen LogP contribution in [-0.2, 0) is 6.42 Å². The van der Waals surface area contributed by atoms with E-state index in [2.05, 4.69) is 24.3 Å². The maximum absolute atomic E-state index is 6.20. The third-order valence-corrected chi connectivity index (χ3v) is 4.72. The maximum Gasteiger partial charge on any atom is 0.123 e. The zero-order chi connectivity index (χ0) is 11.7. The molecule has 0 bridgehead atoms. The number of ether oxygens (including phenoxy) is 1. The van der Waals surface area contributed by atoms with Gasteiger partial charge in [-0.15, -0.1) is 0 Å². The van der Waals surface area contributed by atoms with Crippen LogP contribution in [0.1, 0.15) is 24.8 Å². The van der Waals surface area contributed by atoms with Gasteiger partial charge in [-0.25, -0.2) is 0 Å². The SMILES string of the molecule is NC1(Cc2ccccc2OC2CCSC2)CC1. The molecule has 1 unspecified atom stereocenters. The minimum Gasteiger partial charge on any atom is -0.489 e. The largest absolute Gasteiger partial charge is 0.489 e. The first kappa shape index (κ1) is 11.4. The smallest absolute Gasteiger partial charge is 0.123 e. The summed E-state index contributed by atoms with van der Waals surface area (Å²) in [4.78, 5) is 0. The Morgan fingerprint density at radius 3 is 2.88 bits per heavy atom. The topological polar surface area (TPSA) is 35.2 Å². The van der Waals surface area contributed by atoms with Crippen molar-refractivity contribution in [2.45, 2.75) is 37.3 Å². The summed E-state index contributed by atoms with van der Waals surface area (Å²) in [6, 6.07) is 8.38. The van der Waals surface area contributed by atoms with Crippen molar-refractivity contribution >= 4 is 11.8 Å². The number of hydrogen-bond acceptors (Lipinski definition) is 3. The average molecular weight is 249 g/mol. The molecule has 0 aromatic heterocycles. The Hall–Kier alpha value is -0.670. The van der Waals surface area contributed by atoms with E-state index in [1.54, 1.807) is 0 Å². The molecule has 1 aromatic carbocycles. The highest BCUT2D eigenvalue weighted by Gasteiger charge is 2.38. The lowest BCUT2D eigenvalue weighted by Gasteiger charge is -2.17. The molecule has 0 radical (unpaired) electrons. The first-order valence-electron chi connectivity index (χ1n) is 6.36. The zero-order valence-electron chi connectivity index (χ0n) is 10.0. The van der Waals surface area contributed by atoms with Gasteiger partial charge < -0.3 is 10.5 Å². The van der Waals surface area contributed by atoms with E-state index in [0.717, 1.165) is 30.8 Å². The van der Waals surface area contributed by atoms with Crippen LogP contribution >= 0.6 is 11.8 Å². The number of thioether (sulfide) groups is 1. The molecule has 92 valence electrons. The number of nitrogens with two attached hydrogens (primary N) is 1. The Balaban J connectivity index is 1.73. The zero-order valence-corrected chi connectivity index (χ0v) is 10.8. The lowest BCUT2D eigenvalue weighted by molar-refractivity contribution is 0.226. The van der Waals surface area contributed by atoms with Gasteiger partial charge in [0.05, 0.1) is 0 Å². The van der Waals surface area contributed by atoms with Gasteiger partial charge in [0.1, 0.15) is 11.9 Å². The molecule has 1 aliphatic carbocycles. The van der Waals surface area contributed by atoms with E-state index in [1.165, 1.54) is 17.7 Å². The summed E-state index contributed by atoms with van der Waals surface area (Å²) in [5.74, 6) is 3.41. The fraction of sp³-hybridized carbons (Fsp3) is 0.571. The van der Waals surface area contributed by atoms with Gasteiger partial charge in [0.25, 0.3) is 0 Å². The molecule has 3 heteroatoms. The van der Waals surface area contributed by atoms with Crippen molar-refractivity contribution in [1.82, 2.24) is 0 Å². The van der Waals surface area contributed by atoms with Gasteiger partial charge in [-0.1, -0.05) is 18.2 Å². The fourth-order valence-electron chi connectivity index (χ4n) is 2.27. The fourth-order valence-corrected chi connectivity index (χ4v) is 3.36. The van der Waals surface area contributed by atoms with Crippen LogP contribution in [0.15, 0.2) is 24.3 Å². The number of hydrogen-bond donors (Lipinski definition) is 1. The molecule has 2 N–H and O–H groups in total. The van der Waals surface area contributed by atoms with Crippen molar-refractivity contribution in [3.05, 3.63) is 29.8 Å². The van der Waals surface area contributed by atoms with E-state index in [0.29, 0.717) is 6.10 Å². The monoisotopic (exact) mass is 249 g/mol. The van der Waals surface area contributed by atoms with E-state index < -0.39 is 0 Å². The summed E-state index contributed by atoms with van der Waals surface area (Å²) in [6.45, 7) is 0. The summed E-state index contributed by atoms with van der Waals surface area (Å²) in [5.41, 5.74) is 7.54. The van der Waals surface area contributed by atoms with Crippen molar-refractivity contribution in [2.75, 3.05) is 11.5 Å². The van der Waals surface area contributed by atoms with E-state index in [9.17, 15) is 0 Å². The van der Waals surface area contributed by atoms with Crippen molar-refractivity contribution in [1.29, 1.82) is 0 Å². The van der Waals surface area contributed by atoms with Crippen LogP contribution in [0.3, 0.4) is 0 Å². The first-order chi connectivity index (χ1) is 8.25. The normalized spacial score (nSPS) is 25.8. The van der Waals surface area contributed by atoms with Crippen LogP contribution in [0, 0.1) is 0 Å². The minimum absolute atomic E-state index is 0.0594. The number of para-hydroxylation sites is 1. The Morgan fingerprint density at radius 1 is 1.35 bits per heavy atom. The molecule has 17 heavy (non-hydrogen) atoms. The molecule has 1 aliphatic heterocycles. The Morgan fingerprint density at radius 2 is 2.18 bits per heavy atom. The Kier molecular flexibility index (Phi) is 3.05. The maximum atomic E-state index is 6.20. The summed E-state index contributed by atoms with van der Waals surface area (Å²) < 4.78 is 6.10. The van der Waals surface area contributed by atoms with Crippen molar-refractivity contribution in [2.24, 2.45) is 5.73 Å². The van der Waals surface area contributed by atoms with Gasteiger partial charge in [0.2, 0.25) is 0 Å². The van der Waals surface area contributed by atoms with Crippen molar-refractivity contribution in [3.8, 4) is 5.75 Å². The molecule has 1 aromatic rings. The molecule has 2 nitrogen and oxygen atoms in total. The third-order valence-electron chi connectivity index (χ3n) is 3.59. The van der Waals surface area contributed by atoms with Gasteiger partial charge in [-0.2, -0.15) is 11.8 Å². The van der Waals surface area contributed by atoms with Crippen molar-refractivity contribution < 1.29 is 4.74 Å². The van der Waals surface area contributed by atoms with Gasteiger partial charge in [-0.05, 0) is 43.1 Å². The summed E-state index contributed by atoms with van der Waals surface area (Å²) in [7, 11) is 0. The Labute approximate surface area is 107 Å². The predicted molar refractivity (Wildman–Crippen MR) is 72.7 cm³/mol. The average Bonchev–Trinajstić information content (AvgIpc) is 2.85. The van der Waals surface area contributed by atoms with E-state index in [4.69, 9.17) is 10.5 Å². The van der Waals surface area contributed by atoms with Gasteiger partial charge in [0.15, 0.2) is 0 Å². The summed E-state index contributed by atoms with van der Waals surface area (Å²) >= 11 is 1.98. The second-order valence-electron chi connectivity index (χ2n) is 5.25. The molecular weight excluding hydrogens is 230 g/mol. The van der Waals surface area contributed by atoms with Crippen LogP contribution in [0.5, 0.6) is 5.75 Å². The predicted octanol–water partition coefficient (Wildman–Crippen LogP) is 2.60.